The van der Waals surface area contributed by atoms with Crippen molar-refractivity contribution in [3.63, 3.8) is 0 Å². The first-order chi connectivity index (χ1) is 31.7. The topological polar surface area (TPSA) is 193 Å². The summed E-state index contributed by atoms with van der Waals surface area (Å²) in [6.07, 6.45) is 3.49. The molecule has 4 N–H and O–H groups in total. The number of methoxy groups -OCH3 is 3. The second-order valence-corrected chi connectivity index (χ2v) is 18.1. The highest BCUT2D eigenvalue weighted by Crippen LogP contribution is 2.44. The molecule has 1 saturated heterocycles. The van der Waals surface area contributed by atoms with E-state index in [1.165, 1.54) is 14.2 Å². The first-order valence-electron chi connectivity index (χ1n) is 23.3. The van der Waals surface area contributed by atoms with Gasteiger partial charge in [0, 0.05) is 43.1 Å². The van der Waals surface area contributed by atoms with E-state index in [1.54, 1.807) is 13.3 Å². The van der Waals surface area contributed by atoms with Gasteiger partial charge in [-0.05, 0) is 84.9 Å². The van der Waals surface area contributed by atoms with E-state index in [0.29, 0.717) is 44.2 Å². The number of nitrogens with one attached hydrogen (secondary N) is 4. The molecule has 0 spiro atoms. The van der Waals surface area contributed by atoms with Gasteiger partial charge < -0.3 is 49.3 Å². The molecule has 8 atom stereocenters. The lowest BCUT2D eigenvalue weighted by molar-refractivity contribution is -0.140. The van der Waals surface area contributed by atoms with Crippen molar-refractivity contribution in [2.24, 2.45) is 23.7 Å². The third-order valence-electron chi connectivity index (χ3n) is 14.0. The highest BCUT2D eigenvalue weighted by molar-refractivity contribution is 6.07. The number of nitrogens with zero attached hydrogens (tertiary/aromatic N) is 4. The molecule has 2 aliphatic rings. The van der Waals surface area contributed by atoms with Gasteiger partial charge in [-0.25, -0.2) is 19.6 Å². The van der Waals surface area contributed by atoms with E-state index >= 15 is 0 Å². The van der Waals surface area contributed by atoms with Gasteiger partial charge in [0.25, 0.3) is 0 Å². The Hall–Kier alpha value is -6.16. The number of carbonyl (C=O) groups is 4. The quantitative estimate of drug-likeness (QED) is 0.0702. The second kappa shape index (κ2) is 20.6. The summed E-state index contributed by atoms with van der Waals surface area (Å²) in [7, 11) is 4.29. The Kier molecular flexibility index (Phi) is 14.9. The van der Waals surface area contributed by atoms with Crippen molar-refractivity contribution in [2.45, 2.75) is 105 Å². The number of H-pyrrole nitrogens is 2. The van der Waals surface area contributed by atoms with E-state index in [2.05, 4.69) is 57.0 Å². The number of alkyl carbamates (subject to hydrolysis) is 2. The molecule has 7 rings (SSSR count). The molecule has 2 aromatic heterocycles. The van der Waals surface area contributed by atoms with Crippen molar-refractivity contribution in [1.29, 1.82) is 0 Å². The summed E-state index contributed by atoms with van der Waals surface area (Å²) in [4.78, 5) is 73.6. The summed E-state index contributed by atoms with van der Waals surface area (Å²) in [5.74, 6) is 1.53. The maximum atomic E-state index is 14.4. The Morgan fingerprint density at radius 3 is 2.36 bits per heavy atom. The first kappa shape index (κ1) is 47.8. The van der Waals surface area contributed by atoms with Gasteiger partial charge in [0.2, 0.25) is 11.8 Å². The lowest BCUT2D eigenvalue weighted by Crippen LogP contribution is -2.54. The van der Waals surface area contributed by atoms with Crippen LogP contribution in [0.25, 0.3) is 44.2 Å². The minimum Gasteiger partial charge on any atom is -0.488 e. The van der Waals surface area contributed by atoms with Gasteiger partial charge in [0.1, 0.15) is 30.0 Å². The van der Waals surface area contributed by atoms with E-state index in [-0.39, 0.29) is 48.2 Å². The van der Waals surface area contributed by atoms with Gasteiger partial charge in [-0.3, -0.25) is 9.59 Å². The van der Waals surface area contributed by atoms with Crippen LogP contribution in [0.1, 0.15) is 103 Å². The van der Waals surface area contributed by atoms with E-state index in [9.17, 15) is 19.2 Å². The highest BCUT2D eigenvalue weighted by Gasteiger charge is 2.42. The Balaban J connectivity index is 1.15. The molecule has 16 nitrogen and oxygen atoms in total. The molecule has 4 amide bonds. The SMILES string of the molecule is CC[C@@H](C)C(NC(=O)OC)C(=O)N([C@@H](C)CC)[C@@H](C)c1ncc(-c2ccc3c(c2)COc2cc4c(ccc5[nH]c([C@@H]6C[C@H](COC)CN6C(=O)[C@@H](CNC(=O)OC)[C@H](C)CC)nc54)cc2-3)[nH]1. The number of imidazole rings is 2. The molecule has 1 unspecified atom stereocenters. The van der Waals surface area contributed by atoms with E-state index < -0.39 is 30.2 Å². The molecule has 16 heteroatoms. The van der Waals surface area contributed by atoms with E-state index in [0.717, 1.165) is 68.3 Å². The number of benzene rings is 3. The third-order valence-corrected chi connectivity index (χ3v) is 14.0. The van der Waals surface area contributed by atoms with Gasteiger partial charge in [-0.2, -0.15) is 0 Å². The van der Waals surface area contributed by atoms with E-state index in [1.807, 2.05) is 64.3 Å². The normalized spacial score (nSPS) is 18.3. The number of hydrogen-bond donors (Lipinski definition) is 4. The van der Waals surface area contributed by atoms with Gasteiger partial charge in [0.15, 0.2) is 0 Å². The minimum atomic E-state index is -0.746. The molecule has 0 radical (unpaired) electrons. The molecular weight excluding hydrogens is 841 g/mol. The zero-order valence-electron chi connectivity index (χ0n) is 39.9. The smallest absolute Gasteiger partial charge is 0.407 e. The molecule has 0 bridgehead atoms. The minimum absolute atomic E-state index is 0.0248. The van der Waals surface area contributed by atoms with Crippen LogP contribution in [0.5, 0.6) is 5.75 Å². The first-order valence-corrected chi connectivity index (χ1v) is 23.3. The molecule has 5 aromatic rings. The lowest BCUT2D eigenvalue weighted by atomic mass is 9.90. The molecule has 2 aliphatic heterocycles. The number of amides is 4. The lowest BCUT2D eigenvalue weighted by Gasteiger charge is -2.37. The molecule has 354 valence electrons. The molecule has 0 aliphatic carbocycles. The molecule has 1 fully saturated rings. The number of aromatic nitrogens is 4. The van der Waals surface area contributed by atoms with Crippen LogP contribution < -0.4 is 15.4 Å². The maximum Gasteiger partial charge on any atom is 0.407 e. The average Bonchev–Trinajstić information content (AvgIpc) is 4.11. The molecule has 3 aromatic carbocycles. The fraction of sp³-hybridized carbons (Fsp3) is 0.520. The standard InChI is InChI=1S/C50H66N8O8/c1-11-27(4)38(22-52-49(61)64-9)47(59)57-24-31(25-63-8)18-41(57)46-53-39-17-15-32-20-37-35-16-14-33(19-34(35)26-66-42(37)21-36(32)44(39)55-46)40-23-51-45(54-40)30(7)58(29(6)13-3)48(60)43(28(5)12-2)56-50(62)65-10/h14-17,19-21,23,27-31,38,41,43H,11-13,18,22,24-26H2,1-10H3,(H,51,54)(H,52,61)(H,53,55)(H,56,62)/t27-,28-,29+,30+,31+,38+,41+,43?/m1/s1. The summed E-state index contributed by atoms with van der Waals surface area (Å²) >= 11 is 0. The van der Waals surface area contributed by atoms with Crippen LogP contribution in [0.15, 0.2) is 48.7 Å². The zero-order valence-corrected chi connectivity index (χ0v) is 39.9. The predicted octanol–water partition coefficient (Wildman–Crippen LogP) is 8.68. The maximum absolute atomic E-state index is 14.4. The van der Waals surface area contributed by atoms with Gasteiger partial charge in [-0.15, -0.1) is 0 Å². The van der Waals surface area contributed by atoms with Crippen LogP contribution in [0.4, 0.5) is 9.59 Å². The molecular formula is C50H66N8O8. The van der Waals surface area contributed by atoms with Gasteiger partial charge in [0.05, 0.1) is 61.8 Å². The largest absolute Gasteiger partial charge is 0.488 e. The number of rotatable bonds is 17. The van der Waals surface area contributed by atoms with Gasteiger partial charge >= 0.3 is 12.2 Å². The van der Waals surface area contributed by atoms with Crippen molar-refractivity contribution >= 4 is 45.8 Å². The number of aromatic amines is 2. The predicted molar refractivity (Wildman–Crippen MR) is 253 cm³/mol. The molecule has 0 saturated carbocycles. The van der Waals surface area contributed by atoms with Crippen LogP contribution in [0.3, 0.4) is 0 Å². The summed E-state index contributed by atoms with van der Waals surface area (Å²) in [6, 6.07) is 13.1. The zero-order chi connectivity index (χ0) is 47.4. The summed E-state index contributed by atoms with van der Waals surface area (Å²) < 4.78 is 21.7. The Morgan fingerprint density at radius 1 is 0.909 bits per heavy atom. The van der Waals surface area contributed by atoms with Crippen LogP contribution in [-0.2, 0) is 30.4 Å². The Labute approximate surface area is 386 Å². The van der Waals surface area contributed by atoms with Crippen molar-refractivity contribution in [3.8, 4) is 28.1 Å². The van der Waals surface area contributed by atoms with Crippen molar-refractivity contribution in [1.82, 2.24) is 40.4 Å². The number of fused-ring (bicyclic) bond motifs is 6. The van der Waals surface area contributed by atoms with Crippen molar-refractivity contribution in [2.75, 3.05) is 41.0 Å². The number of hydrogen-bond acceptors (Lipinski definition) is 10. The third kappa shape index (κ3) is 9.56. The number of ether oxygens (including phenoxy) is 4. The van der Waals surface area contributed by atoms with Crippen LogP contribution in [0, 0.1) is 23.7 Å². The average molecular weight is 907 g/mol. The Morgan fingerprint density at radius 2 is 1.67 bits per heavy atom. The summed E-state index contributed by atoms with van der Waals surface area (Å²) in [6.45, 7) is 15.6. The Bertz CT molecular complexity index is 2550. The van der Waals surface area contributed by atoms with Crippen molar-refractivity contribution in [3.05, 3.63) is 65.9 Å². The van der Waals surface area contributed by atoms with Gasteiger partial charge in [-0.1, -0.05) is 65.7 Å². The van der Waals surface area contributed by atoms with Crippen molar-refractivity contribution < 1.29 is 38.1 Å². The highest BCUT2D eigenvalue weighted by atomic mass is 16.5. The number of likely N-dealkylation sites (tertiary alicyclic amines) is 1. The fourth-order valence-electron chi connectivity index (χ4n) is 9.55. The van der Waals surface area contributed by atoms with Crippen LogP contribution in [0.2, 0.25) is 0 Å². The van der Waals surface area contributed by atoms with Crippen LogP contribution >= 0.6 is 0 Å². The monoisotopic (exact) mass is 907 g/mol. The number of carbonyl (C=O) groups excluding carboxylic acids is 4. The molecule has 66 heavy (non-hydrogen) atoms. The van der Waals surface area contributed by atoms with E-state index in [4.69, 9.17) is 28.9 Å². The summed E-state index contributed by atoms with van der Waals surface area (Å²) in [5.41, 5.74) is 6.50. The second-order valence-electron chi connectivity index (χ2n) is 18.1. The molecule has 4 heterocycles. The fourth-order valence-corrected chi connectivity index (χ4v) is 9.55. The van der Waals surface area contributed by atoms with Crippen LogP contribution in [-0.4, -0.2) is 107 Å². The summed E-state index contributed by atoms with van der Waals surface area (Å²) in [5, 5.41) is 7.48.